The largest absolute Gasteiger partial charge is 0.496 e. The van der Waals surface area contributed by atoms with Gasteiger partial charge in [0.15, 0.2) is 0 Å². The maximum atomic E-state index is 5.44. The summed E-state index contributed by atoms with van der Waals surface area (Å²) in [5.41, 5.74) is 7.76. The highest BCUT2D eigenvalue weighted by Gasteiger charge is 2.04. The SMILES string of the molecule is COc1cc(C)c(SC)cc1/C=C/CN. The number of thioether (sulfide) groups is 1. The summed E-state index contributed by atoms with van der Waals surface area (Å²) in [6.45, 7) is 2.64. The lowest BCUT2D eigenvalue weighted by molar-refractivity contribution is 0.413. The average Bonchev–Trinajstić information content (AvgIpc) is 2.26. The van der Waals surface area contributed by atoms with Crippen molar-refractivity contribution in [3.05, 3.63) is 29.3 Å². The molecule has 1 aromatic rings. The van der Waals surface area contributed by atoms with Gasteiger partial charge >= 0.3 is 0 Å². The van der Waals surface area contributed by atoms with Crippen molar-refractivity contribution in [2.45, 2.75) is 11.8 Å². The van der Waals surface area contributed by atoms with Gasteiger partial charge in [0.2, 0.25) is 0 Å². The monoisotopic (exact) mass is 223 g/mol. The van der Waals surface area contributed by atoms with Crippen LogP contribution in [-0.2, 0) is 0 Å². The molecule has 0 aromatic heterocycles. The van der Waals surface area contributed by atoms with E-state index in [1.165, 1.54) is 10.5 Å². The Morgan fingerprint density at radius 2 is 2.20 bits per heavy atom. The topological polar surface area (TPSA) is 35.2 Å². The van der Waals surface area contributed by atoms with Gasteiger partial charge in [0, 0.05) is 17.0 Å². The molecule has 0 saturated heterocycles. The van der Waals surface area contributed by atoms with Crippen molar-refractivity contribution in [3.63, 3.8) is 0 Å². The highest BCUT2D eigenvalue weighted by molar-refractivity contribution is 7.98. The maximum absolute atomic E-state index is 5.44. The minimum atomic E-state index is 0.547. The number of rotatable bonds is 4. The van der Waals surface area contributed by atoms with Crippen LogP contribution in [0, 0.1) is 6.92 Å². The summed E-state index contributed by atoms with van der Waals surface area (Å²) in [6.07, 6.45) is 6.00. The van der Waals surface area contributed by atoms with E-state index >= 15 is 0 Å². The van der Waals surface area contributed by atoms with Gasteiger partial charge in [-0.25, -0.2) is 0 Å². The number of ether oxygens (including phenoxy) is 1. The molecule has 15 heavy (non-hydrogen) atoms. The van der Waals surface area contributed by atoms with Crippen molar-refractivity contribution in [3.8, 4) is 5.75 Å². The molecule has 0 heterocycles. The zero-order valence-corrected chi connectivity index (χ0v) is 10.2. The first kappa shape index (κ1) is 12.1. The number of aryl methyl sites for hydroxylation is 1. The van der Waals surface area contributed by atoms with E-state index < -0.39 is 0 Å². The first-order valence-electron chi connectivity index (χ1n) is 4.82. The summed E-state index contributed by atoms with van der Waals surface area (Å²) in [5, 5.41) is 0. The van der Waals surface area contributed by atoms with Gasteiger partial charge in [-0.15, -0.1) is 11.8 Å². The van der Waals surface area contributed by atoms with Crippen molar-refractivity contribution in [1.29, 1.82) is 0 Å². The lowest BCUT2D eigenvalue weighted by Gasteiger charge is -2.09. The van der Waals surface area contributed by atoms with Crippen LogP contribution in [-0.4, -0.2) is 19.9 Å². The molecule has 0 radical (unpaired) electrons. The van der Waals surface area contributed by atoms with E-state index in [-0.39, 0.29) is 0 Å². The second kappa shape index (κ2) is 5.83. The Labute approximate surface area is 95.5 Å². The third-order valence-electron chi connectivity index (χ3n) is 2.18. The van der Waals surface area contributed by atoms with Crippen molar-refractivity contribution in [2.75, 3.05) is 19.9 Å². The lowest BCUT2D eigenvalue weighted by Crippen LogP contribution is -1.94. The molecule has 0 atom stereocenters. The van der Waals surface area contributed by atoms with Gasteiger partial charge in [0.05, 0.1) is 7.11 Å². The molecule has 0 saturated carbocycles. The van der Waals surface area contributed by atoms with E-state index in [2.05, 4.69) is 25.3 Å². The number of hydrogen-bond donors (Lipinski definition) is 1. The fourth-order valence-electron chi connectivity index (χ4n) is 1.40. The van der Waals surface area contributed by atoms with Gasteiger partial charge < -0.3 is 10.5 Å². The molecule has 0 bridgehead atoms. The van der Waals surface area contributed by atoms with Gasteiger partial charge in [-0.2, -0.15) is 0 Å². The Kier molecular flexibility index (Phi) is 4.72. The molecule has 0 unspecified atom stereocenters. The summed E-state index contributed by atoms with van der Waals surface area (Å²) < 4.78 is 5.32. The van der Waals surface area contributed by atoms with E-state index in [9.17, 15) is 0 Å². The van der Waals surface area contributed by atoms with Crippen molar-refractivity contribution in [2.24, 2.45) is 5.73 Å². The van der Waals surface area contributed by atoms with E-state index in [4.69, 9.17) is 10.5 Å². The number of nitrogens with two attached hydrogens (primary N) is 1. The van der Waals surface area contributed by atoms with Gasteiger partial charge in [-0.05, 0) is 30.9 Å². The number of methoxy groups -OCH3 is 1. The van der Waals surface area contributed by atoms with Crippen LogP contribution in [0.15, 0.2) is 23.1 Å². The molecular formula is C12H17NOS. The first-order chi connectivity index (χ1) is 7.22. The number of hydrogen-bond acceptors (Lipinski definition) is 3. The molecule has 2 N–H and O–H groups in total. The summed E-state index contributed by atoms with van der Waals surface area (Å²) in [7, 11) is 1.69. The predicted molar refractivity (Wildman–Crippen MR) is 67.6 cm³/mol. The minimum Gasteiger partial charge on any atom is -0.496 e. The lowest BCUT2D eigenvalue weighted by atomic mass is 10.1. The molecule has 0 aliphatic carbocycles. The van der Waals surface area contributed by atoms with Crippen molar-refractivity contribution in [1.82, 2.24) is 0 Å². The van der Waals surface area contributed by atoms with Crippen LogP contribution in [0.4, 0.5) is 0 Å². The summed E-state index contributed by atoms with van der Waals surface area (Å²) in [6, 6.07) is 4.19. The second-order valence-electron chi connectivity index (χ2n) is 3.20. The van der Waals surface area contributed by atoms with Gasteiger partial charge in [-0.1, -0.05) is 12.2 Å². The smallest absolute Gasteiger partial charge is 0.126 e. The maximum Gasteiger partial charge on any atom is 0.126 e. The zero-order chi connectivity index (χ0) is 11.3. The quantitative estimate of drug-likeness (QED) is 0.797. The van der Waals surface area contributed by atoms with Crippen LogP contribution < -0.4 is 10.5 Å². The summed E-state index contributed by atoms with van der Waals surface area (Å²) in [5.74, 6) is 0.898. The van der Waals surface area contributed by atoms with Gasteiger partial charge in [0.1, 0.15) is 5.75 Å². The summed E-state index contributed by atoms with van der Waals surface area (Å²) >= 11 is 1.74. The van der Waals surface area contributed by atoms with E-state index in [0.717, 1.165) is 11.3 Å². The van der Waals surface area contributed by atoms with E-state index in [1.54, 1.807) is 18.9 Å². The Balaban J connectivity index is 3.16. The number of benzene rings is 1. The Bertz CT molecular complexity index is 361. The molecular weight excluding hydrogens is 206 g/mol. The first-order valence-corrected chi connectivity index (χ1v) is 6.04. The molecule has 1 aromatic carbocycles. The van der Waals surface area contributed by atoms with Crippen molar-refractivity contribution < 1.29 is 4.74 Å². The van der Waals surface area contributed by atoms with Crippen molar-refractivity contribution >= 4 is 17.8 Å². The Hall–Kier alpha value is -0.930. The highest BCUT2D eigenvalue weighted by Crippen LogP contribution is 2.29. The minimum absolute atomic E-state index is 0.547. The van der Waals surface area contributed by atoms with E-state index in [1.807, 2.05) is 12.2 Å². The van der Waals surface area contributed by atoms with Gasteiger partial charge in [-0.3, -0.25) is 0 Å². The van der Waals surface area contributed by atoms with Crippen LogP contribution in [0.3, 0.4) is 0 Å². The standard InChI is InChI=1S/C12H17NOS/c1-9-7-11(14-2)10(5-4-6-13)8-12(9)15-3/h4-5,7-8H,6,13H2,1-3H3/b5-4+. The van der Waals surface area contributed by atoms with Crippen LogP contribution in [0.5, 0.6) is 5.75 Å². The molecule has 82 valence electrons. The average molecular weight is 223 g/mol. The fourth-order valence-corrected chi connectivity index (χ4v) is 2.02. The fraction of sp³-hybridized carbons (Fsp3) is 0.333. The summed E-state index contributed by atoms with van der Waals surface area (Å²) in [4.78, 5) is 1.27. The molecule has 0 aliphatic rings. The Morgan fingerprint density at radius 1 is 1.47 bits per heavy atom. The highest BCUT2D eigenvalue weighted by atomic mass is 32.2. The Morgan fingerprint density at radius 3 is 2.73 bits per heavy atom. The third kappa shape index (κ3) is 3.01. The van der Waals surface area contributed by atoms with Gasteiger partial charge in [0.25, 0.3) is 0 Å². The van der Waals surface area contributed by atoms with Crippen LogP contribution in [0.1, 0.15) is 11.1 Å². The normalized spacial score (nSPS) is 10.9. The second-order valence-corrected chi connectivity index (χ2v) is 4.05. The van der Waals surface area contributed by atoms with Crippen LogP contribution in [0.25, 0.3) is 6.08 Å². The molecule has 2 nitrogen and oxygen atoms in total. The van der Waals surface area contributed by atoms with Crippen LogP contribution >= 0.6 is 11.8 Å². The molecule has 0 spiro atoms. The van der Waals surface area contributed by atoms with Crippen LogP contribution in [0.2, 0.25) is 0 Å². The molecule has 1 rings (SSSR count). The molecule has 0 amide bonds. The molecule has 3 heteroatoms. The zero-order valence-electron chi connectivity index (χ0n) is 9.41. The predicted octanol–water partition coefficient (Wildman–Crippen LogP) is 2.70. The third-order valence-corrected chi connectivity index (χ3v) is 3.06. The molecule has 0 fully saturated rings. The molecule has 0 aliphatic heterocycles. The van der Waals surface area contributed by atoms with E-state index in [0.29, 0.717) is 6.54 Å².